The average Bonchev–Trinajstić information content (AvgIpc) is 2.32. The van der Waals surface area contributed by atoms with Gasteiger partial charge in [0.15, 0.2) is 0 Å². The first-order valence-electron chi connectivity index (χ1n) is 5.84. The number of rotatable bonds is 3. The average molecular weight is 198 g/mol. The molecule has 1 aromatic rings. The molecule has 1 aliphatic rings. The minimum atomic E-state index is 1.20. The van der Waals surface area contributed by atoms with Gasteiger partial charge in [-0.25, -0.2) is 0 Å². The molecule has 78 valence electrons. The molecule has 0 bridgehead atoms. The highest BCUT2D eigenvalue weighted by Crippen LogP contribution is 2.28. The molecule has 0 heterocycles. The Bertz CT molecular complexity index is 368. The van der Waals surface area contributed by atoms with Crippen molar-refractivity contribution in [3.8, 4) is 0 Å². The second-order valence-corrected chi connectivity index (χ2v) is 4.13. The molecule has 0 atom stereocenters. The van der Waals surface area contributed by atoms with Crippen LogP contribution in [0.2, 0.25) is 0 Å². The first kappa shape index (κ1) is 10.2. The summed E-state index contributed by atoms with van der Waals surface area (Å²) in [5, 5.41) is 0. The summed E-state index contributed by atoms with van der Waals surface area (Å²) in [5.41, 5.74) is 4.47. The highest BCUT2D eigenvalue weighted by Gasteiger charge is 2.06. The van der Waals surface area contributed by atoms with E-state index < -0.39 is 0 Å². The first-order chi connectivity index (χ1) is 7.40. The number of hydrogen-bond acceptors (Lipinski definition) is 0. The lowest BCUT2D eigenvalue weighted by Crippen LogP contribution is -1.93. The fourth-order valence-corrected chi connectivity index (χ4v) is 2.10. The zero-order chi connectivity index (χ0) is 10.5. The standard InChI is InChI=1S/C15H18/c1-2-6-13-9-11-15(12-10-13)14-7-4-3-5-8-14/h3-5,7-9,11H,2,6,10,12H2,1H3. The van der Waals surface area contributed by atoms with Crippen molar-refractivity contribution in [3.63, 3.8) is 0 Å². The summed E-state index contributed by atoms with van der Waals surface area (Å²) in [4.78, 5) is 0. The minimum Gasteiger partial charge on any atom is -0.0699 e. The Balaban J connectivity index is 2.14. The van der Waals surface area contributed by atoms with Crippen molar-refractivity contribution < 1.29 is 0 Å². The van der Waals surface area contributed by atoms with Gasteiger partial charge in [0.2, 0.25) is 0 Å². The van der Waals surface area contributed by atoms with Gasteiger partial charge in [-0.05, 0) is 30.4 Å². The zero-order valence-electron chi connectivity index (χ0n) is 9.37. The van der Waals surface area contributed by atoms with E-state index in [1.807, 2.05) is 0 Å². The molecule has 0 radical (unpaired) electrons. The van der Waals surface area contributed by atoms with Gasteiger partial charge in [-0.3, -0.25) is 0 Å². The molecule has 1 aromatic carbocycles. The van der Waals surface area contributed by atoms with Gasteiger partial charge in [0.1, 0.15) is 0 Å². The normalized spacial score (nSPS) is 15.8. The SMILES string of the molecule is CCCC1=CC=C(c2ccccc2)CC1. The van der Waals surface area contributed by atoms with E-state index in [1.165, 1.54) is 36.8 Å². The molecular formula is C15H18. The number of allylic oxidation sites excluding steroid dienone is 4. The van der Waals surface area contributed by atoms with E-state index in [9.17, 15) is 0 Å². The second kappa shape index (κ2) is 4.97. The maximum Gasteiger partial charge on any atom is -0.0224 e. The molecule has 0 spiro atoms. The summed E-state index contributed by atoms with van der Waals surface area (Å²) in [7, 11) is 0. The third-order valence-corrected chi connectivity index (χ3v) is 2.95. The van der Waals surface area contributed by atoms with Crippen LogP contribution in [-0.2, 0) is 0 Å². The van der Waals surface area contributed by atoms with Gasteiger partial charge < -0.3 is 0 Å². The predicted octanol–water partition coefficient (Wildman–Crippen LogP) is 4.59. The van der Waals surface area contributed by atoms with Crippen molar-refractivity contribution in [2.24, 2.45) is 0 Å². The molecule has 0 amide bonds. The predicted molar refractivity (Wildman–Crippen MR) is 66.6 cm³/mol. The molecule has 0 nitrogen and oxygen atoms in total. The van der Waals surface area contributed by atoms with Gasteiger partial charge in [0.05, 0.1) is 0 Å². The van der Waals surface area contributed by atoms with Crippen LogP contribution in [0.4, 0.5) is 0 Å². The Hall–Kier alpha value is -1.30. The van der Waals surface area contributed by atoms with E-state index in [4.69, 9.17) is 0 Å². The van der Waals surface area contributed by atoms with Gasteiger partial charge in [0.25, 0.3) is 0 Å². The van der Waals surface area contributed by atoms with Gasteiger partial charge in [0, 0.05) is 0 Å². The molecule has 2 rings (SSSR count). The summed E-state index contributed by atoms with van der Waals surface area (Å²) in [6.45, 7) is 2.25. The summed E-state index contributed by atoms with van der Waals surface area (Å²) < 4.78 is 0. The van der Waals surface area contributed by atoms with Crippen molar-refractivity contribution in [2.45, 2.75) is 32.6 Å². The third kappa shape index (κ3) is 2.59. The molecule has 0 N–H and O–H groups in total. The van der Waals surface area contributed by atoms with E-state index >= 15 is 0 Å². The molecule has 1 aliphatic carbocycles. The Morgan fingerprint density at radius 2 is 1.80 bits per heavy atom. The third-order valence-electron chi connectivity index (χ3n) is 2.95. The summed E-state index contributed by atoms with van der Waals surface area (Å²) >= 11 is 0. The van der Waals surface area contributed by atoms with Crippen LogP contribution < -0.4 is 0 Å². The van der Waals surface area contributed by atoms with Crippen LogP contribution in [-0.4, -0.2) is 0 Å². The van der Waals surface area contributed by atoms with Crippen molar-refractivity contribution in [2.75, 3.05) is 0 Å². The lowest BCUT2D eigenvalue weighted by Gasteiger charge is -2.14. The van der Waals surface area contributed by atoms with E-state index in [-0.39, 0.29) is 0 Å². The molecule has 15 heavy (non-hydrogen) atoms. The summed E-state index contributed by atoms with van der Waals surface area (Å²) in [6, 6.07) is 10.7. The summed E-state index contributed by atoms with van der Waals surface area (Å²) in [6.07, 6.45) is 9.59. The Morgan fingerprint density at radius 1 is 1.00 bits per heavy atom. The van der Waals surface area contributed by atoms with Gasteiger partial charge in [-0.2, -0.15) is 0 Å². The van der Waals surface area contributed by atoms with Crippen LogP contribution in [0.15, 0.2) is 48.1 Å². The number of benzene rings is 1. The van der Waals surface area contributed by atoms with E-state index in [0.29, 0.717) is 0 Å². The van der Waals surface area contributed by atoms with Crippen LogP contribution in [0, 0.1) is 0 Å². The van der Waals surface area contributed by atoms with Crippen LogP contribution in [0.25, 0.3) is 5.57 Å². The largest absolute Gasteiger partial charge is 0.0699 e. The molecule has 0 unspecified atom stereocenters. The topological polar surface area (TPSA) is 0 Å². The summed E-state index contributed by atoms with van der Waals surface area (Å²) in [5.74, 6) is 0. The smallest absolute Gasteiger partial charge is 0.0224 e. The number of hydrogen-bond donors (Lipinski definition) is 0. The lowest BCUT2D eigenvalue weighted by atomic mass is 9.92. The van der Waals surface area contributed by atoms with Crippen LogP contribution >= 0.6 is 0 Å². The van der Waals surface area contributed by atoms with E-state index in [1.54, 1.807) is 5.57 Å². The van der Waals surface area contributed by atoms with Gasteiger partial charge >= 0.3 is 0 Å². The molecule has 0 saturated carbocycles. The van der Waals surface area contributed by atoms with E-state index in [0.717, 1.165) is 0 Å². The monoisotopic (exact) mass is 198 g/mol. The van der Waals surface area contributed by atoms with Crippen LogP contribution in [0.5, 0.6) is 0 Å². The molecule has 0 fully saturated rings. The van der Waals surface area contributed by atoms with Gasteiger partial charge in [-0.15, -0.1) is 0 Å². The highest BCUT2D eigenvalue weighted by atomic mass is 14.1. The zero-order valence-corrected chi connectivity index (χ0v) is 9.37. The molecule has 0 heteroatoms. The van der Waals surface area contributed by atoms with Gasteiger partial charge in [-0.1, -0.05) is 61.4 Å². The van der Waals surface area contributed by atoms with Crippen molar-refractivity contribution in [1.29, 1.82) is 0 Å². The Morgan fingerprint density at radius 3 is 2.40 bits per heavy atom. The maximum atomic E-state index is 2.31. The maximum absolute atomic E-state index is 2.31. The van der Waals surface area contributed by atoms with Crippen molar-refractivity contribution in [1.82, 2.24) is 0 Å². The van der Waals surface area contributed by atoms with E-state index in [2.05, 4.69) is 49.4 Å². The van der Waals surface area contributed by atoms with Crippen LogP contribution in [0.1, 0.15) is 38.2 Å². The lowest BCUT2D eigenvalue weighted by molar-refractivity contribution is 0.827. The Kier molecular flexibility index (Phi) is 3.39. The van der Waals surface area contributed by atoms with Crippen LogP contribution in [0.3, 0.4) is 0 Å². The Labute approximate surface area is 92.3 Å². The second-order valence-electron chi connectivity index (χ2n) is 4.13. The fourth-order valence-electron chi connectivity index (χ4n) is 2.10. The van der Waals surface area contributed by atoms with Crippen molar-refractivity contribution >= 4 is 5.57 Å². The molecular weight excluding hydrogens is 180 g/mol. The highest BCUT2D eigenvalue weighted by molar-refractivity contribution is 5.68. The molecule has 0 aromatic heterocycles. The van der Waals surface area contributed by atoms with Crippen molar-refractivity contribution in [3.05, 3.63) is 53.6 Å². The quantitative estimate of drug-likeness (QED) is 0.666. The minimum absolute atomic E-state index is 1.20. The molecule has 0 aliphatic heterocycles. The fraction of sp³-hybridized carbons (Fsp3) is 0.333. The first-order valence-corrected chi connectivity index (χ1v) is 5.84. The molecule has 0 saturated heterocycles.